The number of nitro benzene ring substituents is 1. The van der Waals surface area contributed by atoms with E-state index in [4.69, 9.17) is 9.47 Å². The normalized spacial score (nSPS) is 21.2. The number of nitrogens with one attached hydrogen (secondary N) is 3. The zero-order valence-electron chi connectivity index (χ0n) is 44.1. The Balaban J connectivity index is 0.847. The number of piperazine rings is 1. The standard InChI is InChI=1S/C58H69FN8O8S/c1-36(2)44-9-7-8-10-46(44)52-33-64(32-39-11-14-45(37(3)4)53(23-39)74-6)21-22-66(52)41-27-58(28-41)34-65(35-58)40-12-15-47(54(24-40)75-42-25-48-49(59)31-62-55(48)61-30-42)56(68)63-76(72,73)43-13-16-50(51(26-43)67(70)71)60-29-38-17-19-57(5,69)20-18-38/h7-16,23-26,30-31,36-38,41,52,60,69H,17-22,27-29,32-35H2,1-6H3,(H,61,62)(H,63,68). The fraction of sp³-hybridized carbons (Fsp3) is 0.448. The van der Waals surface area contributed by atoms with Gasteiger partial charge in [-0.15, -0.1) is 0 Å². The Labute approximate surface area is 444 Å². The largest absolute Gasteiger partial charge is 0.496 e. The van der Waals surface area contributed by atoms with Gasteiger partial charge in [-0.05, 0) is 122 Å². The van der Waals surface area contributed by atoms with Crippen molar-refractivity contribution in [2.24, 2.45) is 11.3 Å². The van der Waals surface area contributed by atoms with Crippen LogP contribution >= 0.6 is 0 Å². The van der Waals surface area contributed by atoms with Crippen LogP contribution < -0.4 is 24.4 Å². The van der Waals surface area contributed by atoms with Crippen LogP contribution in [-0.4, -0.2) is 102 Å². The molecule has 4 aromatic carbocycles. The number of anilines is 2. The molecule has 4 aliphatic rings. The van der Waals surface area contributed by atoms with Crippen LogP contribution in [0.2, 0.25) is 0 Å². The zero-order chi connectivity index (χ0) is 53.7. The van der Waals surface area contributed by atoms with Crippen LogP contribution in [0.3, 0.4) is 0 Å². The van der Waals surface area contributed by atoms with Crippen LogP contribution in [0.4, 0.5) is 21.5 Å². The number of pyridine rings is 1. The van der Waals surface area contributed by atoms with E-state index in [0.29, 0.717) is 42.9 Å². The van der Waals surface area contributed by atoms with Gasteiger partial charge in [-0.2, -0.15) is 0 Å². The number of methoxy groups -OCH3 is 1. The molecular weight excluding hydrogens is 988 g/mol. The number of aromatic amines is 1. The summed E-state index contributed by atoms with van der Waals surface area (Å²) in [7, 11) is -2.90. The molecule has 0 bridgehead atoms. The Morgan fingerprint density at radius 1 is 0.961 bits per heavy atom. The van der Waals surface area contributed by atoms with Gasteiger partial charge in [0.05, 0.1) is 39.7 Å². The summed E-state index contributed by atoms with van der Waals surface area (Å²) in [5.74, 6) is 0.432. The lowest BCUT2D eigenvalue weighted by Gasteiger charge is -2.63. The highest BCUT2D eigenvalue weighted by Crippen LogP contribution is 2.54. The van der Waals surface area contributed by atoms with Gasteiger partial charge in [0, 0.05) is 87.3 Å². The molecular formula is C58H69FN8O8S. The monoisotopic (exact) mass is 1060 g/mol. The molecule has 2 aromatic heterocycles. The van der Waals surface area contributed by atoms with E-state index in [1.54, 1.807) is 26.2 Å². The van der Waals surface area contributed by atoms with E-state index in [2.05, 4.69) is 105 Å². The first-order valence-corrected chi connectivity index (χ1v) is 28.0. The van der Waals surface area contributed by atoms with Crippen LogP contribution in [0.1, 0.15) is 124 Å². The average Bonchev–Trinajstić information content (AvgIpc) is 3.79. The van der Waals surface area contributed by atoms with E-state index < -0.39 is 42.9 Å². The highest BCUT2D eigenvalue weighted by atomic mass is 32.2. The molecule has 6 aromatic rings. The molecule has 402 valence electrons. The predicted molar refractivity (Wildman–Crippen MR) is 291 cm³/mol. The highest BCUT2D eigenvalue weighted by Gasteiger charge is 2.55. The lowest BCUT2D eigenvalue weighted by Crippen LogP contribution is -2.68. The first kappa shape index (κ1) is 52.8. The lowest BCUT2D eigenvalue weighted by molar-refractivity contribution is -0.384. The molecule has 2 saturated carbocycles. The SMILES string of the molecule is COc1cc(CN2CCN(C3CC4(C3)CN(c3ccc(C(=O)NS(=O)(=O)c5ccc(NCC6CCC(C)(O)CC6)c([N+](=O)[O-])c5)c(Oc5cnc6[nH]cc(F)c6c5)c3)C4)C(c3ccccc3C(C)C)C2)ccc1C(C)C. The van der Waals surface area contributed by atoms with Crippen molar-refractivity contribution in [1.82, 2.24) is 24.5 Å². The van der Waals surface area contributed by atoms with Gasteiger partial charge in [-0.25, -0.2) is 22.5 Å². The van der Waals surface area contributed by atoms with Crippen LogP contribution in [0.15, 0.2) is 102 Å². The summed E-state index contributed by atoms with van der Waals surface area (Å²) in [6.45, 7) is 16.3. The smallest absolute Gasteiger partial charge is 0.293 e. The number of sulfonamides is 1. The summed E-state index contributed by atoms with van der Waals surface area (Å²) in [5.41, 5.74) is 5.20. The Morgan fingerprint density at radius 2 is 1.71 bits per heavy atom. The Bertz CT molecular complexity index is 3250. The van der Waals surface area contributed by atoms with E-state index in [9.17, 15) is 32.8 Å². The molecule has 2 aliphatic heterocycles. The van der Waals surface area contributed by atoms with Crippen LogP contribution in [0.25, 0.3) is 11.0 Å². The van der Waals surface area contributed by atoms with Gasteiger partial charge in [0.1, 0.15) is 34.4 Å². The lowest BCUT2D eigenvalue weighted by atomic mass is 9.59. The van der Waals surface area contributed by atoms with E-state index in [0.717, 1.165) is 82.5 Å². The quantitative estimate of drug-likeness (QED) is 0.0498. The molecule has 1 unspecified atom stereocenters. The summed E-state index contributed by atoms with van der Waals surface area (Å²) in [6.07, 6.45) is 7.36. The molecule has 18 heteroatoms. The Kier molecular flexibility index (Phi) is 14.7. The number of nitro groups is 1. The van der Waals surface area contributed by atoms with Gasteiger partial charge in [0.2, 0.25) is 0 Å². The number of amides is 1. The molecule has 1 spiro atoms. The molecule has 16 nitrogen and oxygen atoms in total. The van der Waals surface area contributed by atoms with Crippen LogP contribution in [0, 0.1) is 27.3 Å². The number of ether oxygens (including phenoxy) is 2. The summed E-state index contributed by atoms with van der Waals surface area (Å²) in [6, 6.07) is 26.0. The molecule has 10 rings (SSSR count). The molecule has 1 amide bonds. The van der Waals surface area contributed by atoms with Gasteiger partial charge >= 0.3 is 0 Å². The molecule has 4 heterocycles. The van der Waals surface area contributed by atoms with E-state index in [1.807, 2.05) is 0 Å². The van der Waals surface area contributed by atoms with E-state index in [1.165, 1.54) is 58.9 Å². The van der Waals surface area contributed by atoms with Gasteiger partial charge in [-0.1, -0.05) is 64.1 Å². The first-order chi connectivity index (χ1) is 36.3. The first-order valence-electron chi connectivity index (χ1n) is 26.5. The van der Waals surface area contributed by atoms with Crippen molar-refractivity contribution in [1.29, 1.82) is 0 Å². The second-order valence-corrected chi connectivity index (χ2v) is 24.3. The van der Waals surface area contributed by atoms with Crippen molar-refractivity contribution in [3.05, 3.63) is 141 Å². The third-order valence-corrected chi connectivity index (χ3v) is 17.7. The maximum Gasteiger partial charge on any atom is 0.293 e. The minimum Gasteiger partial charge on any atom is -0.496 e. The van der Waals surface area contributed by atoms with E-state index in [-0.39, 0.29) is 45.5 Å². The van der Waals surface area contributed by atoms with Gasteiger partial charge < -0.3 is 29.8 Å². The number of nitrogens with zero attached hydrogens (tertiary/aromatic N) is 5. The number of hydrogen-bond acceptors (Lipinski definition) is 13. The molecule has 2 saturated heterocycles. The van der Waals surface area contributed by atoms with Crippen molar-refractivity contribution in [3.8, 4) is 17.2 Å². The van der Waals surface area contributed by atoms with Gasteiger partial charge in [0.25, 0.3) is 21.6 Å². The summed E-state index contributed by atoms with van der Waals surface area (Å²) in [4.78, 5) is 39.8. The minimum atomic E-state index is -4.65. The fourth-order valence-electron chi connectivity index (χ4n) is 12.1. The van der Waals surface area contributed by atoms with Crippen molar-refractivity contribution in [2.75, 3.05) is 56.6 Å². The molecule has 0 radical (unpaired) electrons. The minimum absolute atomic E-state index is 0.0170. The second-order valence-electron chi connectivity index (χ2n) is 22.6. The third kappa shape index (κ3) is 11.0. The van der Waals surface area contributed by atoms with Gasteiger partial charge in [-0.3, -0.25) is 24.7 Å². The number of rotatable bonds is 17. The molecule has 2 aliphatic carbocycles. The number of aromatic nitrogens is 2. The summed E-state index contributed by atoms with van der Waals surface area (Å²) < 4.78 is 56.6. The second kappa shape index (κ2) is 21.1. The number of carbonyl (C=O) groups excluding carboxylic acids is 1. The number of hydrogen-bond donors (Lipinski definition) is 4. The molecule has 4 N–H and O–H groups in total. The van der Waals surface area contributed by atoms with Crippen LogP contribution in [0.5, 0.6) is 17.2 Å². The number of H-pyrrole nitrogens is 1. The number of halogens is 1. The van der Waals surface area contributed by atoms with Gasteiger partial charge in [0.15, 0.2) is 0 Å². The molecule has 4 fully saturated rings. The maximum absolute atomic E-state index is 14.7. The number of fused-ring (bicyclic) bond motifs is 1. The highest BCUT2D eigenvalue weighted by molar-refractivity contribution is 7.90. The number of carbonyl (C=O) groups is 1. The van der Waals surface area contributed by atoms with Crippen molar-refractivity contribution in [2.45, 2.75) is 114 Å². The zero-order valence-corrected chi connectivity index (χ0v) is 45.0. The number of aliphatic hydroxyl groups is 1. The molecule has 76 heavy (non-hydrogen) atoms. The van der Waals surface area contributed by atoms with Crippen molar-refractivity contribution < 1.29 is 37.1 Å². The summed E-state index contributed by atoms with van der Waals surface area (Å²) in [5, 5.41) is 25.9. The predicted octanol–water partition coefficient (Wildman–Crippen LogP) is 10.7. The van der Waals surface area contributed by atoms with Crippen LogP contribution in [-0.2, 0) is 16.6 Å². The molecule has 1 atom stereocenters. The Hall–Kier alpha value is -6.60. The Morgan fingerprint density at radius 3 is 2.43 bits per heavy atom. The topological polar surface area (TPSA) is 195 Å². The fourth-order valence-corrected chi connectivity index (χ4v) is 13.1. The van der Waals surface area contributed by atoms with E-state index >= 15 is 0 Å². The maximum atomic E-state index is 14.7. The van der Waals surface area contributed by atoms with Crippen molar-refractivity contribution in [3.63, 3.8) is 0 Å². The average molecular weight is 1060 g/mol. The summed E-state index contributed by atoms with van der Waals surface area (Å²) >= 11 is 0. The third-order valence-electron chi connectivity index (χ3n) is 16.4. The van der Waals surface area contributed by atoms with Crippen molar-refractivity contribution >= 4 is 44.0 Å². The number of benzene rings is 4.